The highest BCUT2D eigenvalue weighted by atomic mass is 16.4. The van der Waals surface area contributed by atoms with Gasteiger partial charge >= 0.3 is 5.97 Å². The van der Waals surface area contributed by atoms with E-state index in [-0.39, 0.29) is 5.92 Å². The molecule has 1 aromatic heterocycles. The molecule has 78 valence electrons. The lowest BCUT2D eigenvalue weighted by atomic mass is 10.0. The average molecular weight is 196 g/mol. The Kier molecular flexibility index (Phi) is 3.28. The van der Waals surface area contributed by atoms with Crippen molar-refractivity contribution in [3.8, 4) is 0 Å². The molecule has 1 N–H and O–H groups in total. The smallest absolute Gasteiger partial charge is 0.306 e. The molecule has 0 saturated heterocycles. The van der Waals surface area contributed by atoms with Crippen LogP contribution in [0.1, 0.15) is 24.7 Å². The molecule has 4 heteroatoms. The Morgan fingerprint density at radius 3 is 2.79 bits per heavy atom. The van der Waals surface area contributed by atoms with E-state index in [1.165, 1.54) is 0 Å². The van der Waals surface area contributed by atoms with E-state index in [0.29, 0.717) is 6.42 Å². The molecule has 1 unspecified atom stereocenters. The minimum atomic E-state index is -0.738. The van der Waals surface area contributed by atoms with Crippen LogP contribution in [0.3, 0.4) is 0 Å². The predicted octanol–water partition coefficient (Wildman–Crippen LogP) is 1.38. The Hall–Kier alpha value is -1.32. The Labute approximate surface area is 83.5 Å². The Morgan fingerprint density at radius 1 is 1.71 bits per heavy atom. The fraction of sp³-hybridized carbons (Fsp3) is 0.600. The fourth-order valence-corrected chi connectivity index (χ4v) is 1.24. The van der Waals surface area contributed by atoms with Gasteiger partial charge in [0, 0.05) is 12.7 Å². The molecular formula is C10H16N2O2. The molecule has 0 saturated carbocycles. The van der Waals surface area contributed by atoms with Crippen LogP contribution in [0.4, 0.5) is 0 Å². The molecule has 0 aliphatic rings. The highest BCUT2D eigenvalue weighted by molar-refractivity contribution is 5.69. The molecule has 1 rings (SSSR count). The zero-order valence-corrected chi connectivity index (χ0v) is 8.82. The molecule has 0 radical (unpaired) electrons. The lowest BCUT2D eigenvalue weighted by Gasteiger charge is -2.02. The van der Waals surface area contributed by atoms with Gasteiger partial charge in [0.1, 0.15) is 0 Å². The number of carboxylic acids is 1. The molecule has 4 nitrogen and oxygen atoms in total. The molecule has 0 bridgehead atoms. The molecule has 0 aliphatic carbocycles. The van der Waals surface area contributed by atoms with E-state index >= 15 is 0 Å². The molecule has 0 fully saturated rings. The summed E-state index contributed by atoms with van der Waals surface area (Å²) in [6, 6.07) is 1.99. The summed E-state index contributed by atoms with van der Waals surface area (Å²) in [6.07, 6.45) is 1.38. The van der Waals surface area contributed by atoms with Crippen LogP contribution >= 0.6 is 0 Å². The summed E-state index contributed by atoms with van der Waals surface area (Å²) < 4.78 is 1.81. The minimum absolute atomic E-state index is 0.294. The van der Waals surface area contributed by atoms with Crippen LogP contribution in [-0.4, -0.2) is 20.9 Å². The predicted molar refractivity (Wildman–Crippen MR) is 53.1 cm³/mol. The average Bonchev–Trinajstić information content (AvgIpc) is 2.42. The highest BCUT2D eigenvalue weighted by Gasteiger charge is 2.11. The summed E-state index contributed by atoms with van der Waals surface area (Å²) >= 11 is 0. The third-order valence-corrected chi connectivity index (χ3v) is 2.42. The topological polar surface area (TPSA) is 55.1 Å². The first-order chi connectivity index (χ1) is 6.50. The van der Waals surface area contributed by atoms with Gasteiger partial charge in [-0.15, -0.1) is 0 Å². The molecule has 1 heterocycles. The van der Waals surface area contributed by atoms with Gasteiger partial charge in [-0.1, -0.05) is 6.92 Å². The van der Waals surface area contributed by atoms with Gasteiger partial charge in [0.2, 0.25) is 0 Å². The van der Waals surface area contributed by atoms with Crippen molar-refractivity contribution in [2.45, 2.75) is 26.7 Å². The van der Waals surface area contributed by atoms with Crippen molar-refractivity contribution in [3.05, 3.63) is 17.5 Å². The third-order valence-electron chi connectivity index (χ3n) is 2.42. The molecule has 1 aromatic rings. The van der Waals surface area contributed by atoms with E-state index in [0.717, 1.165) is 17.8 Å². The van der Waals surface area contributed by atoms with Crippen LogP contribution in [0, 0.1) is 12.8 Å². The lowest BCUT2D eigenvalue weighted by Crippen LogP contribution is -2.10. The van der Waals surface area contributed by atoms with E-state index < -0.39 is 5.97 Å². The summed E-state index contributed by atoms with van der Waals surface area (Å²) in [5, 5.41) is 13.0. The van der Waals surface area contributed by atoms with Crippen molar-refractivity contribution in [1.82, 2.24) is 9.78 Å². The molecular weight excluding hydrogens is 180 g/mol. The van der Waals surface area contributed by atoms with Gasteiger partial charge in [0.15, 0.2) is 0 Å². The van der Waals surface area contributed by atoms with Gasteiger partial charge in [-0.2, -0.15) is 5.10 Å². The minimum Gasteiger partial charge on any atom is -0.481 e. The summed E-state index contributed by atoms with van der Waals surface area (Å²) in [5.41, 5.74) is 2.07. The lowest BCUT2D eigenvalue weighted by molar-refractivity contribution is -0.141. The first kappa shape index (κ1) is 10.8. The van der Waals surface area contributed by atoms with Crippen LogP contribution in [0.5, 0.6) is 0 Å². The normalized spacial score (nSPS) is 12.8. The zero-order valence-electron chi connectivity index (χ0n) is 8.82. The maximum absolute atomic E-state index is 10.6. The second-order valence-corrected chi connectivity index (χ2v) is 3.68. The van der Waals surface area contributed by atoms with Crippen molar-refractivity contribution in [3.63, 3.8) is 0 Å². The molecule has 1 atom stereocenters. The number of aliphatic carboxylic acids is 1. The number of rotatable bonds is 4. The SMILES string of the molecule is Cc1cc(CCC(C)C(=O)O)nn1C. The summed E-state index contributed by atoms with van der Waals surface area (Å²) in [4.78, 5) is 10.6. The van der Waals surface area contributed by atoms with E-state index in [2.05, 4.69) is 5.10 Å². The number of hydrogen-bond donors (Lipinski definition) is 1. The standard InChI is InChI=1S/C10H16N2O2/c1-7(10(13)14)4-5-9-6-8(2)12(3)11-9/h6-7H,4-5H2,1-3H3,(H,13,14). The van der Waals surface area contributed by atoms with E-state index in [1.807, 2.05) is 20.0 Å². The van der Waals surface area contributed by atoms with Gasteiger partial charge in [0.05, 0.1) is 11.6 Å². The number of aromatic nitrogens is 2. The number of aryl methyl sites for hydroxylation is 3. The molecule has 0 spiro atoms. The second-order valence-electron chi connectivity index (χ2n) is 3.68. The van der Waals surface area contributed by atoms with Crippen molar-refractivity contribution >= 4 is 5.97 Å². The first-order valence-corrected chi connectivity index (χ1v) is 4.73. The summed E-state index contributed by atoms with van der Waals surface area (Å²) in [6.45, 7) is 3.70. The van der Waals surface area contributed by atoms with Crippen molar-refractivity contribution in [2.75, 3.05) is 0 Å². The molecule has 0 aromatic carbocycles. The van der Waals surface area contributed by atoms with E-state index in [9.17, 15) is 4.79 Å². The van der Waals surface area contributed by atoms with Gasteiger partial charge in [-0.05, 0) is 25.8 Å². The first-order valence-electron chi connectivity index (χ1n) is 4.73. The second kappa shape index (κ2) is 4.26. The van der Waals surface area contributed by atoms with Gasteiger partial charge < -0.3 is 5.11 Å². The number of carboxylic acid groups (broad SMARTS) is 1. The maximum Gasteiger partial charge on any atom is 0.306 e. The Morgan fingerprint density at radius 2 is 2.36 bits per heavy atom. The Balaban J connectivity index is 2.50. The van der Waals surface area contributed by atoms with Gasteiger partial charge in [0.25, 0.3) is 0 Å². The van der Waals surface area contributed by atoms with E-state index in [4.69, 9.17) is 5.11 Å². The monoisotopic (exact) mass is 196 g/mol. The van der Waals surface area contributed by atoms with E-state index in [1.54, 1.807) is 11.6 Å². The fourth-order valence-electron chi connectivity index (χ4n) is 1.24. The highest BCUT2D eigenvalue weighted by Crippen LogP contribution is 2.09. The zero-order chi connectivity index (χ0) is 10.7. The van der Waals surface area contributed by atoms with Crippen LogP contribution in [-0.2, 0) is 18.3 Å². The van der Waals surface area contributed by atoms with Crippen LogP contribution in [0.25, 0.3) is 0 Å². The molecule has 0 aliphatic heterocycles. The number of carbonyl (C=O) groups is 1. The largest absolute Gasteiger partial charge is 0.481 e. The van der Waals surface area contributed by atoms with Crippen LogP contribution < -0.4 is 0 Å². The molecule has 0 amide bonds. The van der Waals surface area contributed by atoms with Gasteiger partial charge in [-0.25, -0.2) is 0 Å². The number of hydrogen-bond acceptors (Lipinski definition) is 2. The van der Waals surface area contributed by atoms with Crippen molar-refractivity contribution in [2.24, 2.45) is 13.0 Å². The van der Waals surface area contributed by atoms with Gasteiger partial charge in [-0.3, -0.25) is 9.48 Å². The summed E-state index contributed by atoms with van der Waals surface area (Å²) in [7, 11) is 1.89. The quantitative estimate of drug-likeness (QED) is 0.791. The maximum atomic E-state index is 10.6. The van der Waals surface area contributed by atoms with Crippen LogP contribution in [0.15, 0.2) is 6.07 Å². The Bertz CT molecular complexity index is 311. The van der Waals surface area contributed by atoms with Crippen LogP contribution in [0.2, 0.25) is 0 Å². The van der Waals surface area contributed by atoms with Crippen molar-refractivity contribution in [1.29, 1.82) is 0 Å². The number of nitrogens with zero attached hydrogens (tertiary/aromatic N) is 2. The third kappa shape index (κ3) is 2.58. The molecule has 14 heavy (non-hydrogen) atoms. The summed E-state index contributed by atoms with van der Waals surface area (Å²) in [5.74, 6) is -1.03. The van der Waals surface area contributed by atoms with Crippen molar-refractivity contribution < 1.29 is 9.90 Å².